The second kappa shape index (κ2) is 6.60. The molecule has 2 N–H and O–H groups in total. The molecule has 0 radical (unpaired) electrons. The van der Waals surface area contributed by atoms with Crippen LogP contribution in [0.15, 0.2) is 24.5 Å². The minimum atomic E-state index is -0.504. The predicted molar refractivity (Wildman–Crippen MR) is 81.4 cm³/mol. The third kappa shape index (κ3) is 3.44. The summed E-state index contributed by atoms with van der Waals surface area (Å²) in [7, 11) is 0. The maximum Gasteiger partial charge on any atom is 0.338 e. The molecule has 116 valence electrons. The van der Waals surface area contributed by atoms with Gasteiger partial charge < -0.3 is 15.0 Å². The van der Waals surface area contributed by atoms with Crippen LogP contribution in [0.3, 0.4) is 0 Å². The number of aromatic nitrogens is 2. The number of esters is 1. The minimum Gasteiger partial charge on any atom is -0.452 e. The van der Waals surface area contributed by atoms with Crippen LogP contribution < -0.4 is 5.32 Å². The van der Waals surface area contributed by atoms with Crippen molar-refractivity contribution in [1.29, 1.82) is 0 Å². The van der Waals surface area contributed by atoms with Crippen LogP contribution in [-0.4, -0.2) is 34.5 Å². The van der Waals surface area contributed by atoms with Gasteiger partial charge in [-0.25, -0.2) is 9.78 Å². The fourth-order valence-electron chi connectivity index (χ4n) is 2.79. The first-order chi connectivity index (χ1) is 10.7. The molecule has 6 nitrogen and oxygen atoms in total. The topological polar surface area (TPSA) is 84.1 Å². The van der Waals surface area contributed by atoms with Crippen LogP contribution >= 0.6 is 0 Å². The number of nitrogens with zero attached hydrogens (tertiary/aromatic N) is 1. The molecule has 6 heteroatoms. The molecule has 0 saturated heterocycles. The van der Waals surface area contributed by atoms with Crippen molar-refractivity contribution in [2.24, 2.45) is 0 Å². The summed E-state index contributed by atoms with van der Waals surface area (Å²) < 4.78 is 5.07. The first-order valence-electron chi connectivity index (χ1n) is 7.62. The second-order valence-corrected chi connectivity index (χ2v) is 5.61. The van der Waals surface area contributed by atoms with Crippen molar-refractivity contribution in [1.82, 2.24) is 15.3 Å². The zero-order chi connectivity index (χ0) is 15.4. The molecule has 0 atom stereocenters. The van der Waals surface area contributed by atoms with E-state index in [1.54, 1.807) is 24.5 Å². The first-order valence-corrected chi connectivity index (χ1v) is 7.62. The van der Waals surface area contributed by atoms with Gasteiger partial charge in [0.25, 0.3) is 5.91 Å². The Hall–Kier alpha value is -2.37. The summed E-state index contributed by atoms with van der Waals surface area (Å²) in [5, 5.41) is 2.92. The number of benzene rings is 1. The summed E-state index contributed by atoms with van der Waals surface area (Å²) in [5.74, 6) is -0.738. The van der Waals surface area contributed by atoms with Crippen molar-refractivity contribution in [3.05, 3.63) is 30.1 Å². The standard InChI is InChI=1S/C16H19N3O3/c20-15(19-12-4-2-1-3-5-12)9-22-16(21)11-6-7-13-14(8-11)18-10-17-13/h6-8,10,12H,1-5,9H2,(H,17,18)(H,19,20). The van der Waals surface area contributed by atoms with Crippen LogP contribution in [0.25, 0.3) is 11.0 Å². The Morgan fingerprint density at radius 2 is 2.09 bits per heavy atom. The molecular weight excluding hydrogens is 282 g/mol. The average molecular weight is 301 g/mol. The van der Waals surface area contributed by atoms with Gasteiger partial charge in [-0.3, -0.25) is 4.79 Å². The van der Waals surface area contributed by atoms with Crippen molar-refractivity contribution in [3.63, 3.8) is 0 Å². The van der Waals surface area contributed by atoms with Crippen LogP contribution in [0.5, 0.6) is 0 Å². The lowest BCUT2D eigenvalue weighted by atomic mass is 9.95. The highest BCUT2D eigenvalue weighted by Crippen LogP contribution is 2.17. The molecule has 1 aromatic carbocycles. The third-order valence-electron chi connectivity index (χ3n) is 3.96. The molecule has 0 spiro atoms. The Labute approximate surface area is 128 Å². The van der Waals surface area contributed by atoms with E-state index in [1.165, 1.54) is 6.42 Å². The lowest BCUT2D eigenvalue weighted by Crippen LogP contribution is -2.38. The average Bonchev–Trinajstić information content (AvgIpc) is 3.01. The minimum absolute atomic E-state index is 0.223. The summed E-state index contributed by atoms with van der Waals surface area (Å²) in [6, 6.07) is 5.28. The van der Waals surface area contributed by atoms with E-state index in [0.29, 0.717) is 5.56 Å². The van der Waals surface area contributed by atoms with Crippen LogP contribution in [0.4, 0.5) is 0 Å². The number of rotatable bonds is 4. The molecule has 1 aromatic heterocycles. The Morgan fingerprint density at radius 1 is 1.27 bits per heavy atom. The van der Waals surface area contributed by atoms with Crippen molar-refractivity contribution in [3.8, 4) is 0 Å². The Balaban J connectivity index is 1.51. The molecule has 1 amide bonds. The number of amides is 1. The third-order valence-corrected chi connectivity index (χ3v) is 3.96. The van der Waals surface area contributed by atoms with Crippen molar-refractivity contribution in [2.75, 3.05) is 6.61 Å². The molecule has 1 aliphatic rings. The quantitative estimate of drug-likeness (QED) is 0.848. The molecule has 1 heterocycles. The molecule has 1 aliphatic carbocycles. The zero-order valence-electron chi connectivity index (χ0n) is 12.3. The highest BCUT2D eigenvalue weighted by Gasteiger charge is 2.17. The van der Waals surface area contributed by atoms with Gasteiger partial charge in [0.2, 0.25) is 0 Å². The van der Waals surface area contributed by atoms with Gasteiger partial charge in [0, 0.05) is 6.04 Å². The Bertz CT molecular complexity index is 674. The molecule has 0 aliphatic heterocycles. The highest BCUT2D eigenvalue weighted by molar-refractivity contribution is 5.94. The summed E-state index contributed by atoms with van der Waals surface area (Å²) in [5.41, 5.74) is 1.95. The van der Waals surface area contributed by atoms with E-state index < -0.39 is 5.97 Å². The molecular formula is C16H19N3O3. The number of ether oxygens (including phenoxy) is 1. The molecule has 0 unspecified atom stereocenters. The molecule has 1 saturated carbocycles. The largest absolute Gasteiger partial charge is 0.452 e. The van der Waals surface area contributed by atoms with E-state index in [1.807, 2.05) is 0 Å². The number of carbonyl (C=O) groups is 2. The van der Waals surface area contributed by atoms with Crippen LogP contribution in [-0.2, 0) is 9.53 Å². The Morgan fingerprint density at radius 3 is 2.91 bits per heavy atom. The zero-order valence-corrected chi connectivity index (χ0v) is 12.3. The maximum absolute atomic E-state index is 12.0. The number of carbonyl (C=O) groups excluding carboxylic acids is 2. The molecule has 3 rings (SSSR count). The van der Waals surface area contributed by atoms with Gasteiger partial charge in [-0.15, -0.1) is 0 Å². The summed E-state index contributed by atoms with van der Waals surface area (Å²) in [6.45, 7) is -0.240. The smallest absolute Gasteiger partial charge is 0.338 e. The molecule has 2 aromatic rings. The first kappa shape index (κ1) is 14.6. The highest BCUT2D eigenvalue weighted by atomic mass is 16.5. The lowest BCUT2D eigenvalue weighted by Gasteiger charge is -2.22. The predicted octanol–water partition coefficient (Wildman–Crippen LogP) is 2.17. The van der Waals surface area contributed by atoms with Gasteiger partial charge in [-0.05, 0) is 31.0 Å². The van der Waals surface area contributed by atoms with Gasteiger partial charge in [-0.1, -0.05) is 19.3 Å². The van der Waals surface area contributed by atoms with Gasteiger partial charge in [-0.2, -0.15) is 0 Å². The normalized spacial score (nSPS) is 15.6. The van der Waals surface area contributed by atoms with E-state index >= 15 is 0 Å². The van der Waals surface area contributed by atoms with Crippen molar-refractivity contribution in [2.45, 2.75) is 38.1 Å². The number of hydrogen-bond donors (Lipinski definition) is 2. The number of hydrogen-bond acceptors (Lipinski definition) is 4. The molecule has 22 heavy (non-hydrogen) atoms. The van der Waals surface area contributed by atoms with E-state index in [2.05, 4.69) is 15.3 Å². The summed E-state index contributed by atoms with van der Waals surface area (Å²) in [6.07, 6.45) is 7.12. The number of imidazole rings is 1. The SMILES string of the molecule is O=C(COC(=O)c1ccc2nc[nH]c2c1)NC1CCCCC1. The van der Waals surface area contributed by atoms with Crippen molar-refractivity contribution < 1.29 is 14.3 Å². The summed E-state index contributed by atoms with van der Waals surface area (Å²) in [4.78, 5) is 30.8. The number of H-pyrrole nitrogens is 1. The maximum atomic E-state index is 12.0. The number of nitrogens with one attached hydrogen (secondary N) is 2. The molecule has 0 bridgehead atoms. The van der Waals surface area contributed by atoms with Crippen LogP contribution in [0.2, 0.25) is 0 Å². The van der Waals surface area contributed by atoms with Gasteiger partial charge in [0.05, 0.1) is 22.9 Å². The number of aromatic amines is 1. The van der Waals surface area contributed by atoms with E-state index in [9.17, 15) is 9.59 Å². The van der Waals surface area contributed by atoms with Crippen LogP contribution in [0.1, 0.15) is 42.5 Å². The van der Waals surface area contributed by atoms with Crippen LogP contribution in [0, 0.1) is 0 Å². The Kier molecular flexibility index (Phi) is 4.37. The number of fused-ring (bicyclic) bond motifs is 1. The van der Waals surface area contributed by atoms with Gasteiger partial charge in [0.1, 0.15) is 0 Å². The van der Waals surface area contributed by atoms with E-state index in [-0.39, 0.29) is 18.6 Å². The lowest BCUT2D eigenvalue weighted by molar-refractivity contribution is -0.125. The van der Waals surface area contributed by atoms with E-state index in [4.69, 9.17) is 4.74 Å². The second-order valence-electron chi connectivity index (χ2n) is 5.61. The van der Waals surface area contributed by atoms with Crippen molar-refractivity contribution >= 4 is 22.9 Å². The molecule has 1 fully saturated rings. The van der Waals surface area contributed by atoms with Gasteiger partial charge >= 0.3 is 5.97 Å². The fraction of sp³-hybridized carbons (Fsp3) is 0.438. The fourth-order valence-corrected chi connectivity index (χ4v) is 2.79. The monoisotopic (exact) mass is 301 g/mol. The van der Waals surface area contributed by atoms with Gasteiger partial charge in [0.15, 0.2) is 6.61 Å². The summed E-state index contributed by atoms with van der Waals surface area (Å²) >= 11 is 0. The van der Waals surface area contributed by atoms with E-state index in [0.717, 1.165) is 36.7 Å².